The Kier molecular flexibility index (Phi) is 4.00. The van der Waals surface area contributed by atoms with Crippen LogP contribution in [0.25, 0.3) is 0 Å². The molecule has 0 spiro atoms. The Morgan fingerprint density at radius 3 is 3.00 bits per heavy atom. The van der Waals surface area contributed by atoms with E-state index < -0.39 is 0 Å². The van der Waals surface area contributed by atoms with Gasteiger partial charge < -0.3 is 15.8 Å². The summed E-state index contributed by atoms with van der Waals surface area (Å²) in [6.45, 7) is 4.01. The topological polar surface area (TPSA) is 64.3 Å². The lowest BCUT2D eigenvalue weighted by atomic mass is 9.76. The molecule has 1 aliphatic heterocycles. The average Bonchev–Trinajstić information content (AvgIpc) is 2.94. The van der Waals surface area contributed by atoms with Crippen LogP contribution >= 0.6 is 0 Å². The van der Waals surface area contributed by atoms with Crippen LogP contribution < -0.4 is 11.1 Å². The molecule has 1 amide bonds. The van der Waals surface area contributed by atoms with E-state index in [1.807, 2.05) is 18.2 Å². The number of hydrogen-bond donors (Lipinski definition) is 2. The zero-order valence-electron chi connectivity index (χ0n) is 12.7. The monoisotopic (exact) mass is 288 g/mol. The molecule has 2 unspecified atom stereocenters. The van der Waals surface area contributed by atoms with E-state index in [4.69, 9.17) is 10.5 Å². The lowest BCUT2D eigenvalue weighted by Crippen LogP contribution is -2.56. The summed E-state index contributed by atoms with van der Waals surface area (Å²) in [5.41, 5.74) is 8.78. The molecule has 1 fully saturated rings. The molecule has 0 radical (unpaired) electrons. The highest BCUT2D eigenvalue weighted by Crippen LogP contribution is 2.32. The van der Waals surface area contributed by atoms with E-state index in [9.17, 15) is 4.79 Å². The maximum absolute atomic E-state index is 12.6. The molecule has 0 saturated heterocycles. The lowest BCUT2D eigenvalue weighted by molar-refractivity contribution is 0.0853. The van der Waals surface area contributed by atoms with E-state index in [2.05, 4.69) is 12.2 Å². The van der Waals surface area contributed by atoms with Gasteiger partial charge in [0.2, 0.25) is 0 Å². The summed E-state index contributed by atoms with van der Waals surface area (Å²) in [4.78, 5) is 12.6. The van der Waals surface area contributed by atoms with Crippen LogP contribution in [0, 0.1) is 5.92 Å². The van der Waals surface area contributed by atoms with Crippen LogP contribution in [0.2, 0.25) is 0 Å². The SMILES string of the molecule is CC1CCCC(CN)(NC(=O)c2ccc3c(c2)COC3)C1. The first-order chi connectivity index (χ1) is 10.1. The van der Waals surface area contributed by atoms with Gasteiger partial charge in [0, 0.05) is 12.1 Å². The van der Waals surface area contributed by atoms with Crippen molar-refractivity contribution in [3.63, 3.8) is 0 Å². The van der Waals surface area contributed by atoms with Crippen LogP contribution in [0.5, 0.6) is 0 Å². The molecule has 4 nitrogen and oxygen atoms in total. The van der Waals surface area contributed by atoms with Crippen LogP contribution in [0.15, 0.2) is 18.2 Å². The second kappa shape index (κ2) is 5.78. The Balaban J connectivity index is 1.75. The Labute approximate surface area is 126 Å². The van der Waals surface area contributed by atoms with E-state index in [1.165, 1.54) is 12.0 Å². The highest BCUT2D eigenvalue weighted by molar-refractivity contribution is 5.95. The van der Waals surface area contributed by atoms with Crippen LogP contribution in [0.1, 0.15) is 54.1 Å². The Morgan fingerprint density at radius 1 is 1.43 bits per heavy atom. The molecule has 3 N–H and O–H groups in total. The third-order valence-corrected chi connectivity index (χ3v) is 4.84. The smallest absolute Gasteiger partial charge is 0.251 e. The van der Waals surface area contributed by atoms with Gasteiger partial charge in [0.25, 0.3) is 5.91 Å². The number of rotatable bonds is 3. The van der Waals surface area contributed by atoms with E-state index >= 15 is 0 Å². The molecule has 0 bridgehead atoms. The number of carbonyl (C=O) groups is 1. The summed E-state index contributed by atoms with van der Waals surface area (Å²) in [6, 6.07) is 5.84. The average molecular weight is 288 g/mol. The molecular formula is C17H24N2O2. The van der Waals surface area contributed by atoms with E-state index in [0.717, 1.165) is 24.8 Å². The molecule has 21 heavy (non-hydrogen) atoms. The van der Waals surface area contributed by atoms with Crippen LogP contribution in [-0.4, -0.2) is 18.0 Å². The Bertz CT molecular complexity index is 544. The Hall–Kier alpha value is -1.39. The first kappa shape index (κ1) is 14.5. The van der Waals surface area contributed by atoms with Crippen molar-refractivity contribution in [3.8, 4) is 0 Å². The lowest BCUT2D eigenvalue weighted by Gasteiger charge is -2.40. The van der Waals surface area contributed by atoms with Crippen molar-refractivity contribution in [3.05, 3.63) is 34.9 Å². The number of carbonyl (C=O) groups excluding carboxylic acids is 1. The second-order valence-electron chi connectivity index (χ2n) is 6.62. The van der Waals surface area contributed by atoms with Crippen molar-refractivity contribution < 1.29 is 9.53 Å². The molecule has 2 aliphatic rings. The number of benzene rings is 1. The predicted octanol–water partition coefficient (Wildman–Crippen LogP) is 2.35. The van der Waals surface area contributed by atoms with E-state index in [1.54, 1.807) is 0 Å². The summed E-state index contributed by atoms with van der Waals surface area (Å²) in [6.07, 6.45) is 4.32. The molecule has 114 valence electrons. The van der Waals surface area contributed by atoms with Gasteiger partial charge in [-0.1, -0.05) is 25.8 Å². The van der Waals surface area contributed by atoms with Gasteiger partial charge in [-0.05, 0) is 42.0 Å². The number of fused-ring (bicyclic) bond motifs is 1. The normalized spacial score (nSPS) is 28.2. The molecule has 1 heterocycles. The minimum absolute atomic E-state index is 0.00995. The van der Waals surface area contributed by atoms with Crippen molar-refractivity contribution >= 4 is 5.91 Å². The summed E-state index contributed by atoms with van der Waals surface area (Å²) in [5.74, 6) is 0.611. The van der Waals surface area contributed by atoms with Crippen molar-refractivity contribution in [1.29, 1.82) is 0 Å². The molecule has 1 aliphatic carbocycles. The minimum atomic E-state index is -0.232. The van der Waals surface area contributed by atoms with Crippen molar-refractivity contribution in [2.75, 3.05) is 6.54 Å². The van der Waals surface area contributed by atoms with Gasteiger partial charge in [-0.3, -0.25) is 4.79 Å². The zero-order valence-corrected chi connectivity index (χ0v) is 12.7. The third kappa shape index (κ3) is 2.97. The second-order valence-corrected chi connectivity index (χ2v) is 6.62. The van der Waals surface area contributed by atoms with Crippen molar-refractivity contribution in [1.82, 2.24) is 5.32 Å². The summed E-state index contributed by atoms with van der Waals surface area (Å²) >= 11 is 0. The molecule has 2 atom stereocenters. The molecule has 3 rings (SSSR count). The molecular weight excluding hydrogens is 264 g/mol. The van der Waals surface area contributed by atoms with Crippen molar-refractivity contribution in [2.45, 2.75) is 51.4 Å². The van der Waals surface area contributed by atoms with Gasteiger partial charge in [0.05, 0.1) is 18.8 Å². The standard InChI is InChI=1S/C17H24N2O2/c1-12-3-2-6-17(8-12,11-18)19-16(20)13-4-5-14-9-21-10-15(14)7-13/h4-5,7,12H,2-3,6,8-11,18H2,1H3,(H,19,20). The first-order valence-electron chi connectivity index (χ1n) is 7.84. The first-order valence-corrected chi connectivity index (χ1v) is 7.84. The van der Waals surface area contributed by atoms with Crippen LogP contribution in [-0.2, 0) is 18.0 Å². The highest BCUT2D eigenvalue weighted by Gasteiger charge is 2.35. The van der Waals surface area contributed by atoms with Crippen molar-refractivity contribution in [2.24, 2.45) is 11.7 Å². The molecule has 4 heteroatoms. The minimum Gasteiger partial charge on any atom is -0.372 e. The number of ether oxygens (including phenoxy) is 1. The fraction of sp³-hybridized carbons (Fsp3) is 0.588. The van der Waals surface area contributed by atoms with Gasteiger partial charge in [0.1, 0.15) is 0 Å². The number of nitrogens with one attached hydrogen (secondary N) is 1. The fourth-order valence-electron chi connectivity index (χ4n) is 3.64. The zero-order chi connectivity index (χ0) is 14.9. The summed E-state index contributed by atoms with van der Waals surface area (Å²) in [5, 5.41) is 3.22. The van der Waals surface area contributed by atoms with Gasteiger partial charge in [-0.2, -0.15) is 0 Å². The molecule has 1 aromatic carbocycles. The summed E-state index contributed by atoms with van der Waals surface area (Å²) < 4.78 is 5.40. The van der Waals surface area contributed by atoms with Crippen LogP contribution in [0.4, 0.5) is 0 Å². The van der Waals surface area contributed by atoms with Crippen LogP contribution in [0.3, 0.4) is 0 Å². The number of amides is 1. The maximum atomic E-state index is 12.6. The fourth-order valence-corrected chi connectivity index (χ4v) is 3.64. The van der Waals surface area contributed by atoms with Gasteiger partial charge in [-0.25, -0.2) is 0 Å². The highest BCUT2D eigenvalue weighted by atomic mass is 16.5. The third-order valence-electron chi connectivity index (χ3n) is 4.84. The number of hydrogen-bond acceptors (Lipinski definition) is 3. The van der Waals surface area contributed by atoms with E-state index in [-0.39, 0.29) is 11.4 Å². The molecule has 0 aromatic heterocycles. The molecule has 1 saturated carbocycles. The van der Waals surface area contributed by atoms with E-state index in [0.29, 0.717) is 31.2 Å². The summed E-state index contributed by atoms with van der Waals surface area (Å²) in [7, 11) is 0. The quantitative estimate of drug-likeness (QED) is 0.897. The largest absolute Gasteiger partial charge is 0.372 e. The predicted molar refractivity (Wildman–Crippen MR) is 81.8 cm³/mol. The Morgan fingerprint density at radius 2 is 2.24 bits per heavy atom. The molecule has 1 aromatic rings. The van der Waals surface area contributed by atoms with Gasteiger partial charge in [0.15, 0.2) is 0 Å². The van der Waals surface area contributed by atoms with Gasteiger partial charge in [-0.15, -0.1) is 0 Å². The van der Waals surface area contributed by atoms with Gasteiger partial charge >= 0.3 is 0 Å². The number of nitrogens with two attached hydrogens (primary N) is 1. The maximum Gasteiger partial charge on any atom is 0.251 e.